The third-order valence-electron chi connectivity index (χ3n) is 7.39. The Hall–Kier alpha value is -6.41. The van der Waals surface area contributed by atoms with Crippen LogP contribution < -0.4 is 0 Å². The second-order valence-corrected chi connectivity index (χ2v) is 11.6. The maximum atomic E-state index is 5.37. The average Bonchev–Trinajstić information content (AvgIpc) is 3.93. The van der Waals surface area contributed by atoms with Crippen LogP contribution >= 0.6 is 0 Å². The molecule has 50 heavy (non-hydrogen) atoms. The van der Waals surface area contributed by atoms with E-state index in [2.05, 4.69) is 15.0 Å². The van der Waals surface area contributed by atoms with E-state index in [0.29, 0.717) is 0 Å². The van der Waals surface area contributed by atoms with Gasteiger partial charge in [0.2, 0.25) is 0 Å². The molecule has 0 bridgehead atoms. The number of aromatic nitrogens is 3. The molecule has 8 heterocycles. The number of aryl methyl sites for hydroxylation is 5. The first kappa shape index (κ1) is 33.5. The molecule has 8 heteroatoms. The molecule has 250 valence electrons. The predicted molar refractivity (Wildman–Crippen MR) is 198 cm³/mol. The van der Waals surface area contributed by atoms with Crippen molar-refractivity contribution in [2.24, 2.45) is 0 Å². The van der Waals surface area contributed by atoms with Crippen LogP contribution in [-0.4, -0.2) is 15.0 Å². The van der Waals surface area contributed by atoms with Gasteiger partial charge in [0, 0.05) is 52.4 Å². The van der Waals surface area contributed by atoms with E-state index >= 15 is 0 Å². The number of hydrogen-bond acceptors (Lipinski definition) is 8. The lowest BCUT2D eigenvalue weighted by Crippen LogP contribution is -1.66. The largest absolute Gasteiger partial charge is 0.461 e. The molecule has 0 aliphatic carbocycles. The second kappa shape index (κ2) is 15.7. The Labute approximate surface area is 289 Å². The molecule has 0 atom stereocenters. The zero-order valence-corrected chi connectivity index (χ0v) is 28.6. The first-order chi connectivity index (χ1) is 24.3. The zero-order valence-electron chi connectivity index (χ0n) is 28.6. The minimum atomic E-state index is 0.861. The Balaban J connectivity index is 0.000000108. The van der Waals surface area contributed by atoms with Crippen LogP contribution in [0.15, 0.2) is 156 Å². The van der Waals surface area contributed by atoms with Crippen LogP contribution in [0.1, 0.15) is 28.8 Å². The smallest absolute Gasteiger partial charge is 0.152 e. The van der Waals surface area contributed by atoms with Crippen molar-refractivity contribution in [2.45, 2.75) is 34.6 Å². The number of benzene rings is 2. The third-order valence-corrected chi connectivity index (χ3v) is 7.39. The maximum Gasteiger partial charge on any atom is 0.152 e. The van der Waals surface area contributed by atoms with Gasteiger partial charge in [0.05, 0.1) is 6.20 Å². The van der Waals surface area contributed by atoms with Crippen LogP contribution in [0.5, 0.6) is 0 Å². The molecule has 10 rings (SSSR count). The minimum Gasteiger partial charge on any atom is -0.461 e. The van der Waals surface area contributed by atoms with Crippen molar-refractivity contribution in [1.82, 2.24) is 15.0 Å². The van der Waals surface area contributed by atoms with Crippen molar-refractivity contribution in [3.8, 4) is 0 Å². The summed E-state index contributed by atoms with van der Waals surface area (Å²) in [6.07, 6.45) is 8.77. The molecule has 0 fully saturated rings. The minimum absolute atomic E-state index is 0.861. The van der Waals surface area contributed by atoms with Crippen molar-refractivity contribution in [3.63, 3.8) is 0 Å². The van der Waals surface area contributed by atoms with E-state index in [4.69, 9.17) is 22.1 Å². The number of furan rings is 5. The molecule has 0 spiro atoms. The normalized spacial score (nSPS) is 10.5. The summed E-state index contributed by atoms with van der Waals surface area (Å²) < 4.78 is 26.7. The first-order valence-electron chi connectivity index (χ1n) is 16.1. The van der Waals surface area contributed by atoms with Crippen LogP contribution in [0.3, 0.4) is 0 Å². The van der Waals surface area contributed by atoms with E-state index in [1.54, 1.807) is 31.0 Å². The molecule has 0 radical (unpaired) electrons. The van der Waals surface area contributed by atoms with Gasteiger partial charge in [0.1, 0.15) is 51.1 Å². The maximum absolute atomic E-state index is 5.37. The van der Waals surface area contributed by atoms with Gasteiger partial charge in [-0.3, -0.25) is 15.0 Å². The molecule has 0 unspecified atom stereocenters. The van der Waals surface area contributed by atoms with E-state index in [9.17, 15) is 0 Å². The van der Waals surface area contributed by atoms with E-state index in [-0.39, 0.29) is 0 Å². The van der Waals surface area contributed by atoms with E-state index < -0.39 is 0 Å². The lowest BCUT2D eigenvalue weighted by Gasteiger charge is -1.82. The van der Waals surface area contributed by atoms with Gasteiger partial charge in [-0.15, -0.1) is 0 Å². The molecule has 2 aromatic carbocycles. The van der Waals surface area contributed by atoms with Crippen LogP contribution in [0, 0.1) is 34.6 Å². The highest BCUT2D eigenvalue weighted by Gasteiger charge is 1.99. The average molecular weight is 664 g/mol. The topological polar surface area (TPSA) is 104 Å². The van der Waals surface area contributed by atoms with Gasteiger partial charge in [-0.2, -0.15) is 0 Å². The van der Waals surface area contributed by atoms with Crippen LogP contribution in [0.25, 0.3) is 55.0 Å². The highest BCUT2D eigenvalue weighted by Crippen LogP contribution is 2.19. The van der Waals surface area contributed by atoms with Crippen LogP contribution in [0.2, 0.25) is 0 Å². The van der Waals surface area contributed by atoms with Gasteiger partial charge >= 0.3 is 0 Å². The number of fused-ring (bicyclic) bond motifs is 5. The van der Waals surface area contributed by atoms with Crippen molar-refractivity contribution in [3.05, 3.63) is 163 Å². The zero-order chi connectivity index (χ0) is 34.9. The summed E-state index contributed by atoms with van der Waals surface area (Å²) in [4.78, 5) is 12.0. The number of rotatable bonds is 0. The standard InChI is InChI=1S/2C9H8O.3C8H7NO/c2*1-7-6-8-4-2-3-5-9(8)10-7;1-6-4-7-5-9-3-2-8(7)10-6;1-6-4-7-2-3-9-5-8(7)10-6;1-6-5-7-8(10-6)3-2-4-9-7/h2*2-6H,1H3;3*2-5H,1H3. The second-order valence-electron chi connectivity index (χ2n) is 11.6. The molecule has 0 aliphatic heterocycles. The molecule has 0 saturated carbocycles. The molecule has 0 saturated heterocycles. The van der Waals surface area contributed by atoms with Gasteiger partial charge in [-0.1, -0.05) is 36.4 Å². The first-order valence-corrected chi connectivity index (χ1v) is 16.1. The quantitative estimate of drug-likeness (QED) is 0.158. The van der Waals surface area contributed by atoms with Crippen LogP contribution in [-0.2, 0) is 0 Å². The van der Waals surface area contributed by atoms with Gasteiger partial charge in [-0.25, -0.2) is 0 Å². The number of para-hydroxylation sites is 2. The monoisotopic (exact) mass is 663 g/mol. The highest BCUT2D eigenvalue weighted by molar-refractivity contribution is 5.79. The van der Waals surface area contributed by atoms with Crippen molar-refractivity contribution in [2.75, 3.05) is 0 Å². The SMILES string of the molecule is Cc1cc2ccccc2o1.Cc1cc2ccccc2o1.Cc1cc2ccncc2o1.Cc1cc2cnccc2o1.Cc1cc2ncccc2o1. The molecule has 10 aromatic rings. The summed E-state index contributed by atoms with van der Waals surface area (Å²) in [6.45, 7) is 9.70. The summed E-state index contributed by atoms with van der Waals surface area (Å²) >= 11 is 0. The predicted octanol–water partition coefficient (Wildman–Crippen LogP) is 11.9. The lowest BCUT2D eigenvalue weighted by molar-refractivity contribution is 0.577. The van der Waals surface area contributed by atoms with E-state index in [1.807, 2.05) is 138 Å². The Morgan fingerprint density at radius 3 is 1.36 bits per heavy atom. The van der Waals surface area contributed by atoms with E-state index in [0.717, 1.165) is 73.0 Å². The fraction of sp³-hybridized carbons (Fsp3) is 0.119. The van der Waals surface area contributed by atoms with Gasteiger partial charge < -0.3 is 22.1 Å². The summed E-state index contributed by atoms with van der Waals surface area (Å²) in [5, 5.41) is 4.55. The van der Waals surface area contributed by atoms with Gasteiger partial charge in [0.15, 0.2) is 11.2 Å². The number of pyridine rings is 3. The number of hydrogen-bond donors (Lipinski definition) is 0. The lowest BCUT2D eigenvalue weighted by atomic mass is 10.2. The fourth-order valence-electron chi connectivity index (χ4n) is 5.26. The van der Waals surface area contributed by atoms with Gasteiger partial charge in [-0.05, 0) is 95.3 Å². The van der Waals surface area contributed by atoms with Crippen LogP contribution in [0.4, 0.5) is 0 Å². The van der Waals surface area contributed by atoms with Crippen molar-refractivity contribution < 1.29 is 22.1 Å². The molecular weight excluding hydrogens is 626 g/mol. The Kier molecular flexibility index (Phi) is 10.5. The molecular formula is C42H37N3O5. The Morgan fingerprint density at radius 2 is 0.800 bits per heavy atom. The molecule has 8 nitrogen and oxygen atoms in total. The third kappa shape index (κ3) is 8.73. The van der Waals surface area contributed by atoms with Crippen molar-refractivity contribution >= 4 is 55.0 Å². The Morgan fingerprint density at radius 1 is 0.360 bits per heavy atom. The molecule has 0 aliphatic rings. The summed E-state index contributed by atoms with van der Waals surface area (Å²) in [5.41, 5.74) is 5.51. The molecule has 0 N–H and O–H groups in total. The summed E-state index contributed by atoms with van der Waals surface area (Å²) in [5.74, 6) is 4.72. The van der Waals surface area contributed by atoms with Gasteiger partial charge in [0.25, 0.3) is 0 Å². The van der Waals surface area contributed by atoms with Crippen molar-refractivity contribution in [1.29, 1.82) is 0 Å². The summed E-state index contributed by atoms with van der Waals surface area (Å²) in [6, 6.07) is 33.6. The summed E-state index contributed by atoms with van der Waals surface area (Å²) in [7, 11) is 0. The fourth-order valence-corrected chi connectivity index (χ4v) is 5.26. The molecule has 0 amide bonds. The number of nitrogens with zero attached hydrogens (tertiary/aromatic N) is 3. The van der Waals surface area contributed by atoms with E-state index in [1.165, 1.54) is 10.8 Å². The highest BCUT2D eigenvalue weighted by atomic mass is 16.3. The Bertz CT molecular complexity index is 2000. The molecule has 8 aromatic heterocycles.